The van der Waals surface area contributed by atoms with E-state index in [1.807, 2.05) is 24.3 Å². The van der Waals surface area contributed by atoms with Crippen molar-refractivity contribution in [3.8, 4) is 0 Å². The zero-order valence-electron chi connectivity index (χ0n) is 10.1. The molecule has 18 heavy (non-hydrogen) atoms. The van der Waals surface area contributed by atoms with E-state index in [1.165, 1.54) is 5.56 Å². The molecule has 3 heteroatoms. The first-order valence-electron chi connectivity index (χ1n) is 5.95. The van der Waals surface area contributed by atoms with Crippen molar-refractivity contribution in [1.82, 2.24) is 0 Å². The summed E-state index contributed by atoms with van der Waals surface area (Å²) < 4.78 is 0. The molecule has 1 aliphatic rings. The molecular weight excluding hydrogens is 248 g/mol. The van der Waals surface area contributed by atoms with Crippen LogP contribution in [0.1, 0.15) is 18.1 Å². The fourth-order valence-corrected chi connectivity index (χ4v) is 2.48. The Hall–Kier alpha value is -1.54. The molecule has 2 rings (SSSR count). The molecule has 0 fully saturated rings. The summed E-state index contributed by atoms with van der Waals surface area (Å²) in [7, 11) is 0. The average molecular weight is 263 g/mol. The number of carbonyl (C=O) groups is 1. The average Bonchev–Trinajstić information content (AvgIpc) is 2.39. The van der Waals surface area contributed by atoms with Crippen molar-refractivity contribution in [3.63, 3.8) is 0 Å². The molecule has 1 aromatic carbocycles. The van der Waals surface area contributed by atoms with Crippen LogP contribution in [-0.4, -0.2) is 11.1 Å². The molecule has 0 heterocycles. The summed E-state index contributed by atoms with van der Waals surface area (Å²) >= 11 is 6.59. The molecule has 0 spiro atoms. The van der Waals surface area contributed by atoms with Gasteiger partial charge in [0.1, 0.15) is 4.87 Å². The SMILES string of the molecule is CCc1ccccc1C1(Cl)C=CC(C(=O)O)C=C1. The summed E-state index contributed by atoms with van der Waals surface area (Å²) in [6.07, 6.45) is 7.71. The molecule has 0 radical (unpaired) electrons. The summed E-state index contributed by atoms with van der Waals surface area (Å²) in [5.41, 5.74) is 2.20. The molecule has 0 aromatic heterocycles. The number of carboxylic acids is 1. The minimum Gasteiger partial charge on any atom is -0.481 e. The largest absolute Gasteiger partial charge is 0.481 e. The highest BCUT2D eigenvalue weighted by atomic mass is 35.5. The van der Waals surface area contributed by atoms with Crippen molar-refractivity contribution in [1.29, 1.82) is 0 Å². The van der Waals surface area contributed by atoms with Crippen molar-refractivity contribution in [3.05, 3.63) is 59.7 Å². The third-order valence-electron chi connectivity index (χ3n) is 3.19. The second kappa shape index (κ2) is 4.99. The van der Waals surface area contributed by atoms with Crippen LogP contribution in [0, 0.1) is 5.92 Å². The van der Waals surface area contributed by atoms with Gasteiger partial charge in [-0.3, -0.25) is 4.79 Å². The number of allylic oxidation sites excluding steroid dienone is 2. The lowest BCUT2D eigenvalue weighted by atomic mass is 9.86. The van der Waals surface area contributed by atoms with Gasteiger partial charge in [-0.15, -0.1) is 11.6 Å². The maximum Gasteiger partial charge on any atom is 0.314 e. The van der Waals surface area contributed by atoms with E-state index in [2.05, 4.69) is 6.92 Å². The number of hydrogen-bond donors (Lipinski definition) is 1. The number of carboxylic acid groups (broad SMARTS) is 1. The standard InChI is InChI=1S/C15H15ClO2/c1-2-11-5-3-4-6-13(11)15(16)9-7-12(8-10-15)14(17)18/h3-10,12H,2H2,1H3,(H,17,18). The molecule has 0 amide bonds. The zero-order valence-corrected chi connectivity index (χ0v) is 10.9. The Morgan fingerprint density at radius 2 is 1.94 bits per heavy atom. The first-order chi connectivity index (χ1) is 8.57. The van der Waals surface area contributed by atoms with E-state index >= 15 is 0 Å². The van der Waals surface area contributed by atoms with Gasteiger partial charge in [0.25, 0.3) is 0 Å². The summed E-state index contributed by atoms with van der Waals surface area (Å²) in [5, 5.41) is 8.93. The Bertz CT molecular complexity index is 503. The molecule has 0 saturated carbocycles. The van der Waals surface area contributed by atoms with Gasteiger partial charge >= 0.3 is 5.97 Å². The molecule has 0 aliphatic heterocycles. The van der Waals surface area contributed by atoms with E-state index in [0.717, 1.165) is 12.0 Å². The van der Waals surface area contributed by atoms with Gasteiger partial charge in [0.2, 0.25) is 0 Å². The number of hydrogen-bond acceptors (Lipinski definition) is 1. The number of halogens is 1. The van der Waals surface area contributed by atoms with Gasteiger partial charge in [0, 0.05) is 0 Å². The fourth-order valence-electron chi connectivity index (χ4n) is 2.15. The minimum atomic E-state index is -0.856. The number of rotatable bonds is 3. The summed E-state index contributed by atoms with van der Waals surface area (Å²) in [4.78, 5) is 10.2. The highest BCUT2D eigenvalue weighted by molar-refractivity contribution is 6.27. The van der Waals surface area contributed by atoms with Crippen LogP contribution in [0.2, 0.25) is 0 Å². The number of benzene rings is 1. The van der Waals surface area contributed by atoms with Crippen LogP contribution < -0.4 is 0 Å². The van der Waals surface area contributed by atoms with Gasteiger partial charge in [0.05, 0.1) is 5.92 Å². The van der Waals surface area contributed by atoms with Gasteiger partial charge in [-0.25, -0.2) is 0 Å². The molecule has 2 nitrogen and oxygen atoms in total. The Morgan fingerprint density at radius 3 is 2.50 bits per heavy atom. The molecule has 94 valence electrons. The Morgan fingerprint density at radius 1 is 1.33 bits per heavy atom. The predicted octanol–water partition coefficient (Wildman–Crippen LogP) is 3.51. The van der Waals surface area contributed by atoms with Crippen LogP contribution in [0.5, 0.6) is 0 Å². The Labute approximate surface area is 112 Å². The first kappa shape index (κ1) is 12.9. The Balaban J connectivity index is 2.37. The third kappa shape index (κ3) is 2.34. The topological polar surface area (TPSA) is 37.3 Å². The summed E-state index contributed by atoms with van der Waals surface area (Å²) in [6, 6.07) is 7.97. The molecule has 0 unspecified atom stereocenters. The maximum absolute atomic E-state index is 10.9. The molecule has 1 aliphatic carbocycles. The van der Waals surface area contributed by atoms with Gasteiger partial charge in [-0.2, -0.15) is 0 Å². The normalized spacial score (nSPS) is 26.2. The van der Waals surface area contributed by atoms with Crippen LogP contribution in [-0.2, 0) is 16.1 Å². The second-order valence-electron chi connectivity index (χ2n) is 4.36. The quantitative estimate of drug-likeness (QED) is 0.669. The highest BCUT2D eigenvalue weighted by Gasteiger charge is 2.29. The predicted molar refractivity (Wildman–Crippen MR) is 72.8 cm³/mol. The Kier molecular flexibility index (Phi) is 3.58. The van der Waals surface area contributed by atoms with Crippen LogP contribution in [0.4, 0.5) is 0 Å². The molecule has 0 atom stereocenters. The van der Waals surface area contributed by atoms with Crippen molar-refractivity contribution < 1.29 is 9.90 Å². The monoisotopic (exact) mass is 262 g/mol. The van der Waals surface area contributed by atoms with Crippen molar-refractivity contribution in [2.75, 3.05) is 0 Å². The van der Waals surface area contributed by atoms with E-state index in [0.29, 0.717) is 0 Å². The van der Waals surface area contributed by atoms with E-state index in [4.69, 9.17) is 16.7 Å². The minimum absolute atomic E-state index is 0.578. The number of aliphatic carboxylic acids is 1. The first-order valence-corrected chi connectivity index (χ1v) is 6.33. The van der Waals surface area contributed by atoms with Crippen molar-refractivity contribution >= 4 is 17.6 Å². The summed E-state index contributed by atoms with van der Waals surface area (Å²) in [5.74, 6) is -1.43. The number of alkyl halides is 1. The van der Waals surface area contributed by atoms with Gasteiger partial charge in [-0.05, 0) is 17.5 Å². The lowest BCUT2D eigenvalue weighted by molar-refractivity contribution is -0.138. The lowest BCUT2D eigenvalue weighted by Crippen LogP contribution is -2.21. The van der Waals surface area contributed by atoms with Crippen LogP contribution in [0.15, 0.2) is 48.6 Å². The van der Waals surface area contributed by atoms with Gasteiger partial charge in [-0.1, -0.05) is 55.5 Å². The smallest absolute Gasteiger partial charge is 0.314 e. The van der Waals surface area contributed by atoms with Crippen LogP contribution in [0.25, 0.3) is 0 Å². The summed E-state index contributed by atoms with van der Waals surface area (Å²) in [6.45, 7) is 2.08. The van der Waals surface area contributed by atoms with Crippen molar-refractivity contribution in [2.45, 2.75) is 18.2 Å². The van der Waals surface area contributed by atoms with Crippen molar-refractivity contribution in [2.24, 2.45) is 5.92 Å². The second-order valence-corrected chi connectivity index (χ2v) is 4.99. The lowest BCUT2D eigenvalue weighted by Gasteiger charge is -2.26. The maximum atomic E-state index is 10.9. The molecule has 1 N–H and O–H groups in total. The van der Waals surface area contributed by atoms with E-state index in [9.17, 15) is 4.79 Å². The van der Waals surface area contributed by atoms with E-state index < -0.39 is 16.8 Å². The fraction of sp³-hybridized carbons (Fsp3) is 0.267. The molecule has 0 saturated heterocycles. The van der Waals surface area contributed by atoms with E-state index in [-0.39, 0.29) is 0 Å². The third-order valence-corrected chi connectivity index (χ3v) is 3.64. The molecule has 0 bridgehead atoms. The molecule has 1 aromatic rings. The highest BCUT2D eigenvalue weighted by Crippen LogP contribution is 2.38. The van der Waals surface area contributed by atoms with E-state index in [1.54, 1.807) is 24.3 Å². The van der Waals surface area contributed by atoms with Crippen LogP contribution in [0.3, 0.4) is 0 Å². The zero-order chi connectivity index (χ0) is 13.2. The number of aryl methyl sites for hydroxylation is 1. The van der Waals surface area contributed by atoms with Gasteiger partial charge in [0.15, 0.2) is 0 Å². The molecular formula is C15H15ClO2. The van der Waals surface area contributed by atoms with Gasteiger partial charge < -0.3 is 5.11 Å². The van der Waals surface area contributed by atoms with Crippen LogP contribution >= 0.6 is 11.6 Å².